The minimum absolute atomic E-state index is 0.439. The number of benzene rings is 2. The molecule has 0 amide bonds. The summed E-state index contributed by atoms with van der Waals surface area (Å²) in [7, 11) is 0. The average molecular weight is 252 g/mol. The molecule has 0 atom stereocenters. The minimum Gasteiger partial charge on any atom is -0.423 e. The lowest BCUT2D eigenvalue weighted by atomic mass is 10.0. The molecule has 0 spiro atoms. The second-order valence-corrected chi connectivity index (χ2v) is 4.43. The summed E-state index contributed by atoms with van der Waals surface area (Å²) in [4.78, 5) is 11.0. The Balaban J connectivity index is 2.04. The van der Waals surface area contributed by atoms with Crippen molar-refractivity contribution in [2.24, 2.45) is 0 Å². The standard InChI is InChI=1S/C17H16O2/c1-3-17(18)19-16-10-8-15(9-11-16)12-14-6-4-13(2)5-7-14/h3-11H,1,12H2,2H3. The van der Waals surface area contributed by atoms with E-state index in [2.05, 4.69) is 37.8 Å². The molecule has 0 radical (unpaired) electrons. The molecule has 0 aliphatic rings. The number of aryl methyl sites for hydroxylation is 1. The Bertz CT molecular complexity index is 565. The van der Waals surface area contributed by atoms with Gasteiger partial charge in [-0.1, -0.05) is 48.5 Å². The molecule has 0 saturated carbocycles. The summed E-state index contributed by atoms with van der Waals surface area (Å²) in [6.07, 6.45) is 2.02. The van der Waals surface area contributed by atoms with Crippen LogP contribution in [0.2, 0.25) is 0 Å². The highest BCUT2D eigenvalue weighted by molar-refractivity contribution is 5.83. The molecule has 2 aromatic carbocycles. The van der Waals surface area contributed by atoms with Crippen molar-refractivity contribution in [1.29, 1.82) is 0 Å². The molecule has 96 valence electrons. The first kappa shape index (κ1) is 13.1. The molecule has 0 saturated heterocycles. The van der Waals surface area contributed by atoms with E-state index in [1.54, 1.807) is 12.1 Å². The number of hydrogen-bond acceptors (Lipinski definition) is 2. The van der Waals surface area contributed by atoms with Crippen molar-refractivity contribution in [2.45, 2.75) is 13.3 Å². The molecule has 2 aromatic rings. The van der Waals surface area contributed by atoms with Gasteiger partial charge in [-0.15, -0.1) is 0 Å². The van der Waals surface area contributed by atoms with Crippen LogP contribution in [0.4, 0.5) is 0 Å². The van der Waals surface area contributed by atoms with Gasteiger partial charge >= 0.3 is 5.97 Å². The van der Waals surface area contributed by atoms with Gasteiger partial charge in [-0.2, -0.15) is 0 Å². The van der Waals surface area contributed by atoms with Gasteiger partial charge in [0.25, 0.3) is 0 Å². The second-order valence-electron chi connectivity index (χ2n) is 4.43. The molecule has 0 aliphatic carbocycles. The van der Waals surface area contributed by atoms with Gasteiger partial charge in [0.1, 0.15) is 5.75 Å². The molecule has 0 bridgehead atoms. The fraction of sp³-hybridized carbons (Fsp3) is 0.118. The van der Waals surface area contributed by atoms with E-state index in [0.29, 0.717) is 5.75 Å². The zero-order valence-corrected chi connectivity index (χ0v) is 10.9. The number of hydrogen-bond donors (Lipinski definition) is 0. The smallest absolute Gasteiger partial charge is 0.335 e. The Morgan fingerprint density at radius 1 is 1.05 bits per heavy atom. The Morgan fingerprint density at radius 2 is 1.58 bits per heavy atom. The SMILES string of the molecule is C=CC(=O)Oc1ccc(Cc2ccc(C)cc2)cc1. The molecule has 0 unspecified atom stereocenters. The van der Waals surface area contributed by atoms with E-state index in [1.807, 2.05) is 12.1 Å². The topological polar surface area (TPSA) is 26.3 Å². The fourth-order valence-corrected chi connectivity index (χ4v) is 1.77. The molecule has 0 N–H and O–H groups in total. The number of rotatable bonds is 4. The monoisotopic (exact) mass is 252 g/mol. The van der Waals surface area contributed by atoms with Crippen LogP contribution in [0, 0.1) is 6.92 Å². The van der Waals surface area contributed by atoms with Gasteiger partial charge in [0.05, 0.1) is 0 Å². The second kappa shape index (κ2) is 6.01. The molecule has 0 aromatic heterocycles. The van der Waals surface area contributed by atoms with Crippen LogP contribution in [0.3, 0.4) is 0 Å². The van der Waals surface area contributed by atoms with E-state index in [-0.39, 0.29) is 0 Å². The van der Waals surface area contributed by atoms with Crippen LogP contribution in [0.1, 0.15) is 16.7 Å². The third kappa shape index (κ3) is 3.81. The van der Waals surface area contributed by atoms with E-state index >= 15 is 0 Å². The number of esters is 1. The van der Waals surface area contributed by atoms with Crippen LogP contribution in [-0.2, 0) is 11.2 Å². The Hall–Kier alpha value is -2.35. The van der Waals surface area contributed by atoms with E-state index in [1.165, 1.54) is 16.7 Å². The molecule has 2 heteroatoms. The third-order valence-electron chi connectivity index (χ3n) is 2.84. The maximum absolute atomic E-state index is 11.0. The summed E-state index contributed by atoms with van der Waals surface area (Å²) >= 11 is 0. The molecule has 2 nitrogen and oxygen atoms in total. The lowest BCUT2D eigenvalue weighted by Gasteiger charge is -2.05. The first-order valence-corrected chi connectivity index (χ1v) is 6.16. The van der Waals surface area contributed by atoms with Crippen molar-refractivity contribution < 1.29 is 9.53 Å². The fourth-order valence-electron chi connectivity index (χ4n) is 1.77. The first-order chi connectivity index (χ1) is 9.17. The van der Waals surface area contributed by atoms with Gasteiger partial charge in [-0.05, 0) is 36.6 Å². The molecule has 2 rings (SSSR count). The van der Waals surface area contributed by atoms with E-state index in [4.69, 9.17) is 4.74 Å². The maximum atomic E-state index is 11.0. The predicted molar refractivity (Wildman–Crippen MR) is 76.3 cm³/mol. The molecule has 19 heavy (non-hydrogen) atoms. The Labute approximate surface area is 113 Å². The number of carbonyl (C=O) groups is 1. The Kier molecular flexibility index (Phi) is 4.14. The number of ether oxygens (including phenoxy) is 1. The normalized spacial score (nSPS) is 9.95. The zero-order chi connectivity index (χ0) is 13.7. The first-order valence-electron chi connectivity index (χ1n) is 6.16. The highest BCUT2D eigenvalue weighted by Gasteiger charge is 2.00. The van der Waals surface area contributed by atoms with Gasteiger partial charge < -0.3 is 4.74 Å². The lowest BCUT2D eigenvalue weighted by molar-refractivity contribution is -0.128. The summed E-state index contributed by atoms with van der Waals surface area (Å²) in [5, 5.41) is 0. The van der Waals surface area contributed by atoms with E-state index in [0.717, 1.165) is 12.5 Å². The molecule has 0 heterocycles. The van der Waals surface area contributed by atoms with Crippen molar-refractivity contribution in [3.63, 3.8) is 0 Å². The predicted octanol–water partition coefficient (Wildman–Crippen LogP) is 3.68. The third-order valence-corrected chi connectivity index (χ3v) is 2.84. The minimum atomic E-state index is -0.439. The van der Waals surface area contributed by atoms with E-state index < -0.39 is 5.97 Å². The van der Waals surface area contributed by atoms with Gasteiger partial charge in [0, 0.05) is 6.08 Å². The van der Waals surface area contributed by atoms with Crippen molar-refractivity contribution >= 4 is 5.97 Å². The van der Waals surface area contributed by atoms with Gasteiger partial charge in [0.15, 0.2) is 0 Å². The highest BCUT2D eigenvalue weighted by Crippen LogP contribution is 2.16. The van der Waals surface area contributed by atoms with E-state index in [9.17, 15) is 4.79 Å². The van der Waals surface area contributed by atoms with Crippen molar-refractivity contribution in [3.05, 3.63) is 77.9 Å². The summed E-state index contributed by atoms with van der Waals surface area (Å²) in [5.41, 5.74) is 3.71. The van der Waals surface area contributed by atoms with Crippen LogP contribution in [-0.4, -0.2) is 5.97 Å². The quantitative estimate of drug-likeness (QED) is 0.471. The van der Waals surface area contributed by atoms with Crippen molar-refractivity contribution in [2.75, 3.05) is 0 Å². The van der Waals surface area contributed by atoms with Crippen molar-refractivity contribution in [1.82, 2.24) is 0 Å². The van der Waals surface area contributed by atoms with Crippen LogP contribution < -0.4 is 4.74 Å². The zero-order valence-electron chi connectivity index (χ0n) is 10.9. The van der Waals surface area contributed by atoms with Crippen LogP contribution >= 0.6 is 0 Å². The summed E-state index contributed by atoms with van der Waals surface area (Å²) in [6, 6.07) is 16.0. The van der Waals surface area contributed by atoms with Crippen molar-refractivity contribution in [3.8, 4) is 5.75 Å². The molecular weight excluding hydrogens is 236 g/mol. The van der Waals surface area contributed by atoms with Gasteiger partial charge in [-0.3, -0.25) is 0 Å². The molecular formula is C17H16O2. The van der Waals surface area contributed by atoms with Gasteiger partial charge in [0.2, 0.25) is 0 Å². The Morgan fingerprint density at radius 3 is 2.11 bits per heavy atom. The highest BCUT2D eigenvalue weighted by atomic mass is 16.5. The molecule has 0 fully saturated rings. The number of carbonyl (C=O) groups excluding carboxylic acids is 1. The summed E-state index contributed by atoms with van der Waals surface area (Å²) in [5.74, 6) is 0.101. The summed E-state index contributed by atoms with van der Waals surface area (Å²) in [6.45, 7) is 5.44. The van der Waals surface area contributed by atoms with Crippen LogP contribution in [0.5, 0.6) is 5.75 Å². The van der Waals surface area contributed by atoms with Gasteiger partial charge in [-0.25, -0.2) is 4.79 Å². The van der Waals surface area contributed by atoms with Crippen LogP contribution in [0.25, 0.3) is 0 Å². The average Bonchev–Trinajstić information content (AvgIpc) is 2.43. The van der Waals surface area contributed by atoms with Crippen LogP contribution in [0.15, 0.2) is 61.2 Å². The lowest BCUT2D eigenvalue weighted by Crippen LogP contribution is -2.02. The summed E-state index contributed by atoms with van der Waals surface area (Å²) < 4.78 is 5.03. The largest absolute Gasteiger partial charge is 0.423 e. The molecule has 0 aliphatic heterocycles. The maximum Gasteiger partial charge on any atom is 0.335 e.